The van der Waals surface area contributed by atoms with E-state index in [4.69, 9.17) is 5.11 Å². The largest absolute Gasteiger partial charge is 0.481 e. The van der Waals surface area contributed by atoms with E-state index in [1.807, 2.05) is 20.1 Å². The van der Waals surface area contributed by atoms with Gasteiger partial charge in [-0.3, -0.25) is 4.79 Å². The van der Waals surface area contributed by atoms with Gasteiger partial charge in [0.25, 0.3) is 0 Å². The van der Waals surface area contributed by atoms with E-state index in [0.717, 1.165) is 12.2 Å². The number of carboxylic acids is 1. The fraction of sp³-hybridized carbons (Fsp3) is 0.833. The van der Waals surface area contributed by atoms with Gasteiger partial charge in [0.1, 0.15) is 0 Å². The van der Waals surface area contributed by atoms with Crippen molar-refractivity contribution in [3.8, 4) is 0 Å². The van der Waals surface area contributed by atoms with E-state index in [1.54, 1.807) is 11.8 Å². The number of urea groups is 1. The van der Waals surface area contributed by atoms with Crippen LogP contribution in [0.1, 0.15) is 33.1 Å². The molecule has 0 aliphatic heterocycles. The van der Waals surface area contributed by atoms with Crippen LogP contribution in [0.2, 0.25) is 0 Å². The molecule has 0 aromatic rings. The zero-order valence-corrected chi connectivity index (χ0v) is 12.2. The van der Waals surface area contributed by atoms with Gasteiger partial charge in [-0.2, -0.15) is 11.8 Å². The Labute approximate surface area is 113 Å². The number of nitrogens with one attached hydrogen (secondary N) is 2. The van der Waals surface area contributed by atoms with Crippen molar-refractivity contribution in [2.45, 2.75) is 39.2 Å². The molecule has 0 fully saturated rings. The fourth-order valence-electron chi connectivity index (χ4n) is 1.38. The number of carbonyl (C=O) groups excluding carboxylic acids is 1. The smallest absolute Gasteiger partial charge is 0.315 e. The Balaban J connectivity index is 3.65. The van der Waals surface area contributed by atoms with Gasteiger partial charge in [0, 0.05) is 19.0 Å². The highest BCUT2D eigenvalue weighted by Gasteiger charge is 2.09. The molecule has 6 heteroatoms. The van der Waals surface area contributed by atoms with Crippen LogP contribution in [0.3, 0.4) is 0 Å². The molecule has 0 aromatic carbocycles. The van der Waals surface area contributed by atoms with E-state index in [2.05, 4.69) is 10.6 Å². The standard InChI is InChI=1S/C12H24N2O3S/c1-9(4-5-11(15)16)8-13-12(17)14-10(2)6-7-18-3/h9-10H,4-8H2,1-3H3,(H,15,16)(H2,13,14,17). The predicted molar refractivity (Wildman–Crippen MR) is 75.0 cm³/mol. The maximum Gasteiger partial charge on any atom is 0.315 e. The van der Waals surface area contributed by atoms with Crippen molar-refractivity contribution in [1.29, 1.82) is 0 Å². The summed E-state index contributed by atoms with van der Waals surface area (Å²) < 4.78 is 0. The van der Waals surface area contributed by atoms with Gasteiger partial charge in [-0.05, 0) is 37.7 Å². The van der Waals surface area contributed by atoms with Crippen LogP contribution < -0.4 is 10.6 Å². The third kappa shape index (κ3) is 10.3. The average molecular weight is 276 g/mol. The molecule has 0 heterocycles. The second-order valence-electron chi connectivity index (χ2n) is 4.57. The lowest BCUT2D eigenvalue weighted by Gasteiger charge is -2.16. The van der Waals surface area contributed by atoms with Crippen molar-refractivity contribution in [2.24, 2.45) is 5.92 Å². The normalized spacial score (nSPS) is 13.7. The molecular formula is C12H24N2O3S. The Kier molecular flexibility index (Phi) is 9.55. The molecule has 2 atom stereocenters. The number of carbonyl (C=O) groups is 2. The molecule has 3 N–H and O–H groups in total. The van der Waals surface area contributed by atoms with Crippen LogP contribution in [0.15, 0.2) is 0 Å². The summed E-state index contributed by atoms with van der Waals surface area (Å²) in [6.45, 7) is 4.42. The zero-order chi connectivity index (χ0) is 14.0. The van der Waals surface area contributed by atoms with Gasteiger partial charge in [0.05, 0.1) is 0 Å². The van der Waals surface area contributed by atoms with Crippen molar-refractivity contribution in [2.75, 3.05) is 18.6 Å². The first-order valence-corrected chi connectivity index (χ1v) is 7.60. The molecule has 0 aliphatic rings. The van der Waals surface area contributed by atoms with Crippen LogP contribution in [0.25, 0.3) is 0 Å². The van der Waals surface area contributed by atoms with Gasteiger partial charge in [-0.1, -0.05) is 6.92 Å². The number of thioether (sulfide) groups is 1. The van der Waals surface area contributed by atoms with Gasteiger partial charge in [0.15, 0.2) is 0 Å². The molecule has 106 valence electrons. The van der Waals surface area contributed by atoms with Crippen LogP contribution >= 0.6 is 11.8 Å². The lowest BCUT2D eigenvalue weighted by molar-refractivity contribution is -0.137. The summed E-state index contributed by atoms with van der Waals surface area (Å²) in [5, 5.41) is 14.2. The van der Waals surface area contributed by atoms with Crippen molar-refractivity contribution >= 4 is 23.8 Å². The topological polar surface area (TPSA) is 78.4 Å². The third-order valence-electron chi connectivity index (χ3n) is 2.59. The molecule has 0 radical (unpaired) electrons. The lowest BCUT2D eigenvalue weighted by Crippen LogP contribution is -2.42. The Hall–Kier alpha value is -0.910. The number of carboxylic acid groups (broad SMARTS) is 1. The monoisotopic (exact) mass is 276 g/mol. The average Bonchev–Trinajstić information content (AvgIpc) is 2.31. The van der Waals surface area contributed by atoms with Crippen LogP contribution in [0.5, 0.6) is 0 Å². The highest BCUT2D eigenvalue weighted by molar-refractivity contribution is 7.98. The van der Waals surface area contributed by atoms with Gasteiger partial charge in [-0.25, -0.2) is 4.79 Å². The second-order valence-corrected chi connectivity index (χ2v) is 5.56. The van der Waals surface area contributed by atoms with Crippen LogP contribution in [-0.4, -0.2) is 41.7 Å². The Morgan fingerprint density at radius 2 is 1.94 bits per heavy atom. The Bertz CT molecular complexity index is 262. The summed E-state index contributed by atoms with van der Waals surface area (Å²) in [5.74, 6) is 0.404. The fourth-order valence-corrected chi connectivity index (χ4v) is 1.97. The molecule has 0 rings (SSSR count). The van der Waals surface area contributed by atoms with E-state index < -0.39 is 5.97 Å². The Morgan fingerprint density at radius 3 is 2.50 bits per heavy atom. The van der Waals surface area contributed by atoms with E-state index in [0.29, 0.717) is 13.0 Å². The molecule has 0 aliphatic carbocycles. The van der Waals surface area contributed by atoms with Crippen molar-refractivity contribution in [3.63, 3.8) is 0 Å². The molecule has 2 unspecified atom stereocenters. The number of rotatable bonds is 9. The summed E-state index contributed by atoms with van der Waals surface area (Å²) in [4.78, 5) is 21.9. The minimum atomic E-state index is -0.794. The summed E-state index contributed by atoms with van der Waals surface area (Å²) in [6.07, 6.45) is 3.71. The molecule has 2 amide bonds. The van der Waals surface area contributed by atoms with Gasteiger partial charge in [0.2, 0.25) is 0 Å². The van der Waals surface area contributed by atoms with E-state index in [1.165, 1.54) is 0 Å². The summed E-state index contributed by atoms with van der Waals surface area (Å²) in [7, 11) is 0. The minimum absolute atomic E-state index is 0.147. The molecule has 0 spiro atoms. The van der Waals surface area contributed by atoms with Crippen LogP contribution in [-0.2, 0) is 4.79 Å². The van der Waals surface area contributed by atoms with Crippen molar-refractivity contribution in [1.82, 2.24) is 10.6 Å². The number of hydrogen-bond donors (Lipinski definition) is 3. The minimum Gasteiger partial charge on any atom is -0.481 e. The first-order valence-electron chi connectivity index (χ1n) is 6.20. The summed E-state index contributed by atoms with van der Waals surface area (Å²) in [6, 6.07) is -0.0162. The molecule has 0 bridgehead atoms. The quantitative estimate of drug-likeness (QED) is 0.601. The maximum atomic E-state index is 11.5. The molecule has 0 saturated carbocycles. The number of aliphatic carboxylic acids is 1. The molecule has 18 heavy (non-hydrogen) atoms. The van der Waals surface area contributed by atoms with E-state index in [-0.39, 0.29) is 24.4 Å². The van der Waals surface area contributed by atoms with Crippen molar-refractivity contribution < 1.29 is 14.7 Å². The molecule has 0 saturated heterocycles. The number of amides is 2. The Morgan fingerprint density at radius 1 is 1.28 bits per heavy atom. The number of hydrogen-bond acceptors (Lipinski definition) is 3. The first kappa shape index (κ1) is 17.1. The molecule has 0 aromatic heterocycles. The SMILES string of the molecule is CSCCC(C)NC(=O)NCC(C)CCC(=O)O. The predicted octanol–water partition coefficient (Wildman–Crippen LogP) is 1.93. The second kappa shape index (κ2) is 10.1. The zero-order valence-electron chi connectivity index (χ0n) is 11.4. The van der Waals surface area contributed by atoms with Gasteiger partial charge in [-0.15, -0.1) is 0 Å². The molecule has 5 nitrogen and oxygen atoms in total. The molecular weight excluding hydrogens is 252 g/mol. The van der Waals surface area contributed by atoms with Crippen LogP contribution in [0.4, 0.5) is 4.79 Å². The third-order valence-corrected chi connectivity index (χ3v) is 3.24. The van der Waals surface area contributed by atoms with Gasteiger partial charge >= 0.3 is 12.0 Å². The van der Waals surface area contributed by atoms with E-state index >= 15 is 0 Å². The lowest BCUT2D eigenvalue weighted by atomic mass is 10.1. The van der Waals surface area contributed by atoms with Gasteiger partial charge < -0.3 is 15.7 Å². The highest BCUT2D eigenvalue weighted by atomic mass is 32.2. The summed E-state index contributed by atoms with van der Waals surface area (Å²) in [5.41, 5.74) is 0. The van der Waals surface area contributed by atoms with E-state index in [9.17, 15) is 9.59 Å². The highest BCUT2D eigenvalue weighted by Crippen LogP contribution is 2.04. The maximum absolute atomic E-state index is 11.5. The van der Waals surface area contributed by atoms with Crippen molar-refractivity contribution in [3.05, 3.63) is 0 Å². The summed E-state index contributed by atoms with van der Waals surface area (Å²) >= 11 is 1.76. The first-order chi connectivity index (χ1) is 8.45. The van der Waals surface area contributed by atoms with Crippen LogP contribution in [0, 0.1) is 5.92 Å².